The molecule has 4 heteroatoms. The molecule has 1 atom stereocenters. The molecule has 1 heterocycles. The molecule has 0 saturated carbocycles. The van der Waals surface area contributed by atoms with E-state index in [4.69, 9.17) is 9.47 Å². The second-order valence-electron chi connectivity index (χ2n) is 4.88. The Balaban J connectivity index is 2.19. The van der Waals surface area contributed by atoms with Gasteiger partial charge in [-0.2, -0.15) is 0 Å². The van der Waals surface area contributed by atoms with Crippen LogP contribution in [0.15, 0.2) is 0 Å². The van der Waals surface area contributed by atoms with Crippen molar-refractivity contribution in [1.82, 2.24) is 5.32 Å². The lowest BCUT2D eigenvalue weighted by atomic mass is 10.0. The maximum absolute atomic E-state index is 11.6. The summed E-state index contributed by atoms with van der Waals surface area (Å²) in [7, 11) is 1.67. The minimum Gasteiger partial charge on any atom is -0.464 e. The molecule has 0 radical (unpaired) electrons. The fourth-order valence-electron chi connectivity index (χ4n) is 1.65. The van der Waals surface area contributed by atoms with Gasteiger partial charge in [-0.1, -0.05) is 6.42 Å². The van der Waals surface area contributed by atoms with Crippen molar-refractivity contribution in [2.75, 3.05) is 20.3 Å². The van der Waals surface area contributed by atoms with Gasteiger partial charge in [-0.15, -0.1) is 0 Å². The van der Waals surface area contributed by atoms with Crippen molar-refractivity contribution in [3.63, 3.8) is 0 Å². The van der Waals surface area contributed by atoms with Crippen LogP contribution in [-0.4, -0.2) is 37.9 Å². The molecule has 1 fully saturated rings. The van der Waals surface area contributed by atoms with Crippen LogP contribution in [0.3, 0.4) is 0 Å². The molecule has 1 saturated heterocycles. The van der Waals surface area contributed by atoms with Gasteiger partial charge in [-0.25, -0.2) is 0 Å². The third kappa shape index (κ3) is 4.49. The summed E-state index contributed by atoms with van der Waals surface area (Å²) >= 11 is 0. The van der Waals surface area contributed by atoms with Crippen LogP contribution in [0.25, 0.3) is 0 Å². The van der Waals surface area contributed by atoms with E-state index in [9.17, 15) is 4.79 Å². The number of ether oxygens (including phenoxy) is 2. The molecular formula is C12H23NO3. The lowest BCUT2D eigenvalue weighted by molar-refractivity contribution is -0.148. The van der Waals surface area contributed by atoms with E-state index in [-0.39, 0.29) is 17.6 Å². The van der Waals surface area contributed by atoms with E-state index in [1.807, 2.05) is 13.8 Å². The Labute approximate surface area is 97.7 Å². The van der Waals surface area contributed by atoms with Crippen LogP contribution >= 0.6 is 0 Å². The van der Waals surface area contributed by atoms with Crippen LogP contribution in [0.1, 0.15) is 39.5 Å². The quantitative estimate of drug-likeness (QED) is 0.726. The molecule has 1 aliphatic heterocycles. The highest BCUT2D eigenvalue weighted by atomic mass is 16.5. The van der Waals surface area contributed by atoms with Gasteiger partial charge in [0.05, 0.1) is 12.2 Å². The van der Waals surface area contributed by atoms with Gasteiger partial charge in [0, 0.05) is 13.5 Å². The zero-order valence-electron chi connectivity index (χ0n) is 10.5. The zero-order chi connectivity index (χ0) is 12.0. The largest absolute Gasteiger partial charge is 0.464 e. The summed E-state index contributed by atoms with van der Waals surface area (Å²) in [6.07, 6.45) is 3.88. The van der Waals surface area contributed by atoms with Gasteiger partial charge in [-0.05, 0) is 33.2 Å². The van der Waals surface area contributed by atoms with Crippen molar-refractivity contribution < 1.29 is 14.3 Å². The zero-order valence-corrected chi connectivity index (χ0v) is 10.5. The Morgan fingerprint density at radius 2 is 2.19 bits per heavy atom. The summed E-state index contributed by atoms with van der Waals surface area (Å²) in [5.41, 5.74) is -0.222. The molecule has 0 spiro atoms. The van der Waals surface area contributed by atoms with Crippen molar-refractivity contribution in [3.05, 3.63) is 0 Å². The smallest absolute Gasteiger partial charge is 0.323 e. The highest BCUT2D eigenvalue weighted by Gasteiger charge is 2.23. The van der Waals surface area contributed by atoms with Crippen LogP contribution in [-0.2, 0) is 14.3 Å². The van der Waals surface area contributed by atoms with E-state index in [0.717, 1.165) is 32.2 Å². The number of carbonyl (C=O) groups is 1. The Bertz CT molecular complexity index is 222. The van der Waals surface area contributed by atoms with Crippen LogP contribution in [0.2, 0.25) is 0 Å². The molecule has 0 aromatic carbocycles. The van der Waals surface area contributed by atoms with Crippen LogP contribution < -0.4 is 5.32 Å². The summed E-state index contributed by atoms with van der Waals surface area (Å²) in [6, 6.07) is -0.0978. The Morgan fingerprint density at radius 1 is 1.44 bits per heavy atom. The number of esters is 1. The first kappa shape index (κ1) is 13.5. The van der Waals surface area contributed by atoms with E-state index in [0.29, 0.717) is 6.61 Å². The maximum Gasteiger partial charge on any atom is 0.323 e. The average Bonchev–Trinajstić information content (AvgIpc) is 2.30. The predicted molar refractivity (Wildman–Crippen MR) is 62.3 cm³/mol. The lowest BCUT2D eigenvalue weighted by Crippen LogP contribution is -2.41. The second-order valence-corrected chi connectivity index (χ2v) is 4.88. The third-order valence-corrected chi connectivity index (χ3v) is 3.10. The summed E-state index contributed by atoms with van der Waals surface area (Å²) in [5, 5.41) is 3.17. The SMILES string of the molecule is COC(C)(C)CCOC(=O)[C@H]1CCCCN1. The molecular weight excluding hydrogens is 206 g/mol. The van der Waals surface area contributed by atoms with Gasteiger partial charge in [0.2, 0.25) is 0 Å². The molecule has 0 aliphatic carbocycles. The standard InChI is InChI=1S/C12H23NO3/c1-12(2,15-3)7-9-16-11(14)10-6-4-5-8-13-10/h10,13H,4-9H2,1-3H3/t10-/m1/s1. The van der Waals surface area contributed by atoms with E-state index >= 15 is 0 Å². The topological polar surface area (TPSA) is 47.6 Å². The van der Waals surface area contributed by atoms with Crippen LogP contribution in [0.4, 0.5) is 0 Å². The fourth-order valence-corrected chi connectivity index (χ4v) is 1.65. The fraction of sp³-hybridized carbons (Fsp3) is 0.917. The molecule has 94 valence electrons. The van der Waals surface area contributed by atoms with Crippen molar-refractivity contribution in [3.8, 4) is 0 Å². The van der Waals surface area contributed by atoms with Gasteiger partial charge in [0.15, 0.2) is 0 Å². The van der Waals surface area contributed by atoms with Crippen molar-refractivity contribution in [2.24, 2.45) is 0 Å². The summed E-state index contributed by atoms with van der Waals surface area (Å²) < 4.78 is 10.5. The summed E-state index contributed by atoms with van der Waals surface area (Å²) in [6.45, 7) is 5.32. The molecule has 0 bridgehead atoms. The van der Waals surface area contributed by atoms with E-state index in [1.165, 1.54) is 0 Å². The average molecular weight is 229 g/mol. The Kier molecular flexibility index (Phi) is 5.22. The number of carbonyl (C=O) groups excluding carboxylic acids is 1. The predicted octanol–water partition coefficient (Wildman–Crippen LogP) is 1.49. The molecule has 1 N–H and O–H groups in total. The number of hydrogen-bond donors (Lipinski definition) is 1. The van der Waals surface area contributed by atoms with Crippen molar-refractivity contribution >= 4 is 5.97 Å². The van der Waals surface area contributed by atoms with Crippen molar-refractivity contribution in [2.45, 2.75) is 51.2 Å². The minimum atomic E-state index is -0.222. The highest BCUT2D eigenvalue weighted by Crippen LogP contribution is 2.13. The van der Waals surface area contributed by atoms with Gasteiger partial charge >= 0.3 is 5.97 Å². The first-order chi connectivity index (χ1) is 7.55. The van der Waals surface area contributed by atoms with Gasteiger partial charge in [-0.3, -0.25) is 4.79 Å². The van der Waals surface area contributed by atoms with Crippen LogP contribution in [0, 0.1) is 0 Å². The molecule has 1 aliphatic rings. The number of piperidine rings is 1. The number of rotatable bonds is 5. The van der Waals surface area contributed by atoms with E-state index in [1.54, 1.807) is 7.11 Å². The Hall–Kier alpha value is -0.610. The molecule has 0 amide bonds. The number of hydrogen-bond acceptors (Lipinski definition) is 4. The molecule has 4 nitrogen and oxygen atoms in total. The molecule has 1 rings (SSSR count). The van der Waals surface area contributed by atoms with Crippen LogP contribution in [0.5, 0.6) is 0 Å². The number of nitrogens with one attached hydrogen (secondary N) is 1. The van der Waals surface area contributed by atoms with Gasteiger partial charge in [0.25, 0.3) is 0 Å². The number of methoxy groups -OCH3 is 1. The molecule has 0 aromatic rings. The normalized spacial score (nSPS) is 21.8. The monoisotopic (exact) mass is 229 g/mol. The van der Waals surface area contributed by atoms with Crippen molar-refractivity contribution in [1.29, 1.82) is 0 Å². The van der Waals surface area contributed by atoms with E-state index in [2.05, 4.69) is 5.32 Å². The first-order valence-corrected chi connectivity index (χ1v) is 6.00. The molecule has 0 unspecified atom stereocenters. The summed E-state index contributed by atoms with van der Waals surface area (Å²) in [4.78, 5) is 11.6. The van der Waals surface area contributed by atoms with Gasteiger partial charge < -0.3 is 14.8 Å². The highest BCUT2D eigenvalue weighted by molar-refractivity contribution is 5.75. The second kappa shape index (κ2) is 6.21. The summed E-state index contributed by atoms with van der Waals surface area (Å²) in [5.74, 6) is -0.119. The molecule has 16 heavy (non-hydrogen) atoms. The lowest BCUT2D eigenvalue weighted by Gasteiger charge is -2.24. The maximum atomic E-state index is 11.6. The van der Waals surface area contributed by atoms with E-state index < -0.39 is 0 Å². The molecule has 0 aromatic heterocycles. The first-order valence-electron chi connectivity index (χ1n) is 6.00. The Morgan fingerprint density at radius 3 is 2.75 bits per heavy atom. The van der Waals surface area contributed by atoms with Gasteiger partial charge in [0.1, 0.15) is 6.04 Å². The minimum absolute atomic E-state index is 0.0978. The third-order valence-electron chi connectivity index (χ3n) is 3.10.